The van der Waals surface area contributed by atoms with Crippen molar-refractivity contribution < 1.29 is 4.79 Å². The van der Waals surface area contributed by atoms with Crippen LogP contribution < -0.4 is 0 Å². The lowest BCUT2D eigenvalue weighted by molar-refractivity contribution is -0.121. The van der Waals surface area contributed by atoms with Crippen molar-refractivity contribution in [3.63, 3.8) is 0 Å². The average Bonchev–Trinajstić information content (AvgIpc) is 2.13. The topological polar surface area (TPSA) is 17.1 Å². The Labute approximate surface area is 69.2 Å². The molecule has 0 amide bonds. The highest BCUT2D eigenvalue weighted by molar-refractivity contribution is 5.78. The molecule has 1 heteroatoms. The van der Waals surface area contributed by atoms with Crippen LogP contribution in [-0.2, 0) is 4.79 Å². The Hall–Kier alpha value is -0.330. The zero-order valence-corrected chi connectivity index (χ0v) is 7.60. The maximum atomic E-state index is 11.1. The first kappa shape index (κ1) is 8.76. The van der Waals surface area contributed by atoms with Crippen molar-refractivity contribution in [2.24, 2.45) is 11.8 Å². The van der Waals surface area contributed by atoms with Gasteiger partial charge in [-0.15, -0.1) is 0 Å². The third-order valence-electron chi connectivity index (χ3n) is 2.83. The molecule has 0 saturated heterocycles. The van der Waals surface area contributed by atoms with Gasteiger partial charge >= 0.3 is 0 Å². The van der Waals surface area contributed by atoms with Crippen molar-refractivity contribution >= 4 is 5.78 Å². The van der Waals surface area contributed by atoms with Gasteiger partial charge in [-0.3, -0.25) is 4.79 Å². The lowest BCUT2D eigenvalue weighted by atomic mass is 9.96. The van der Waals surface area contributed by atoms with Crippen LogP contribution in [0.4, 0.5) is 0 Å². The van der Waals surface area contributed by atoms with Gasteiger partial charge in [0.1, 0.15) is 5.78 Å². The van der Waals surface area contributed by atoms with Gasteiger partial charge in [-0.05, 0) is 25.7 Å². The summed E-state index contributed by atoms with van der Waals surface area (Å²) in [7, 11) is 0. The third-order valence-corrected chi connectivity index (χ3v) is 2.83. The quantitative estimate of drug-likeness (QED) is 0.531. The molecule has 0 N–H and O–H groups in total. The van der Waals surface area contributed by atoms with Gasteiger partial charge in [0, 0.05) is 5.92 Å². The second kappa shape index (κ2) is 3.89. The summed E-state index contributed by atoms with van der Waals surface area (Å²) >= 11 is 0. The number of hydrogen-bond donors (Lipinski definition) is 0. The van der Waals surface area contributed by atoms with Crippen LogP contribution in [0, 0.1) is 11.8 Å². The predicted octanol–water partition coefficient (Wildman–Crippen LogP) is 2.79. The smallest absolute Gasteiger partial charge is 0.132 e. The van der Waals surface area contributed by atoms with Crippen LogP contribution >= 0.6 is 0 Å². The Morgan fingerprint density at radius 2 is 1.91 bits per heavy atom. The normalized spacial score (nSPS) is 32.9. The van der Waals surface area contributed by atoms with Crippen molar-refractivity contribution in [2.45, 2.75) is 46.0 Å². The van der Waals surface area contributed by atoms with E-state index in [0.717, 1.165) is 18.8 Å². The molecule has 0 heterocycles. The van der Waals surface area contributed by atoms with Gasteiger partial charge in [0.2, 0.25) is 0 Å². The van der Waals surface area contributed by atoms with Crippen LogP contribution in [0.3, 0.4) is 0 Å². The first-order valence-corrected chi connectivity index (χ1v) is 4.70. The molecule has 1 rings (SSSR count). The van der Waals surface area contributed by atoms with E-state index in [9.17, 15) is 4.79 Å². The molecule has 1 fully saturated rings. The maximum Gasteiger partial charge on any atom is 0.132 e. The molecule has 0 aliphatic heterocycles. The van der Waals surface area contributed by atoms with Crippen molar-refractivity contribution in [3.8, 4) is 0 Å². The van der Waals surface area contributed by atoms with E-state index in [1.54, 1.807) is 6.92 Å². The molecule has 64 valence electrons. The molecule has 0 aromatic rings. The van der Waals surface area contributed by atoms with E-state index in [4.69, 9.17) is 0 Å². The highest BCUT2D eigenvalue weighted by Crippen LogP contribution is 2.27. The van der Waals surface area contributed by atoms with Gasteiger partial charge in [0.25, 0.3) is 0 Å². The molecule has 0 bridgehead atoms. The Morgan fingerprint density at radius 1 is 1.18 bits per heavy atom. The molecule has 1 saturated carbocycles. The van der Waals surface area contributed by atoms with Crippen LogP contribution in [0.1, 0.15) is 46.0 Å². The first-order chi connectivity index (χ1) is 5.20. The van der Waals surface area contributed by atoms with Gasteiger partial charge in [-0.25, -0.2) is 0 Å². The molecular formula is C10H18O. The summed E-state index contributed by atoms with van der Waals surface area (Å²) in [6.45, 7) is 4.03. The average molecular weight is 154 g/mol. The molecule has 0 aromatic carbocycles. The van der Waals surface area contributed by atoms with E-state index in [2.05, 4.69) is 6.92 Å². The summed E-state index contributed by atoms with van der Waals surface area (Å²) in [6.07, 6.45) is 6.11. The second-order valence-electron chi connectivity index (χ2n) is 3.92. The summed E-state index contributed by atoms with van der Waals surface area (Å²) in [5.41, 5.74) is 0. The van der Waals surface area contributed by atoms with Crippen LogP contribution in [0.5, 0.6) is 0 Å². The fraction of sp³-hybridized carbons (Fsp3) is 0.900. The zero-order chi connectivity index (χ0) is 8.27. The second-order valence-corrected chi connectivity index (χ2v) is 3.92. The Bertz CT molecular complexity index is 140. The van der Waals surface area contributed by atoms with E-state index in [1.165, 1.54) is 19.3 Å². The Balaban J connectivity index is 2.40. The number of carbonyl (C=O) groups excluding carboxylic acids is 1. The maximum absolute atomic E-state index is 11.1. The highest BCUT2D eigenvalue weighted by atomic mass is 16.1. The fourth-order valence-electron chi connectivity index (χ4n) is 1.89. The van der Waals surface area contributed by atoms with Gasteiger partial charge in [-0.2, -0.15) is 0 Å². The molecule has 0 radical (unpaired) electrons. The molecule has 0 aromatic heterocycles. The summed E-state index contributed by atoms with van der Waals surface area (Å²) < 4.78 is 0. The molecular weight excluding hydrogens is 136 g/mol. The minimum absolute atomic E-state index is 0.389. The summed E-state index contributed by atoms with van der Waals surface area (Å²) in [6, 6.07) is 0. The van der Waals surface area contributed by atoms with Crippen molar-refractivity contribution in [3.05, 3.63) is 0 Å². The SMILES string of the molecule is CC(=O)C1CCCC(C)CC1. The van der Waals surface area contributed by atoms with E-state index in [1.807, 2.05) is 0 Å². The van der Waals surface area contributed by atoms with Gasteiger partial charge in [0.15, 0.2) is 0 Å². The summed E-state index contributed by atoms with van der Waals surface area (Å²) in [4.78, 5) is 11.1. The number of hydrogen-bond acceptors (Lipinski definition) is 1. The molecule has 1 nitrogen and oxygen atoms in total. The van der Waals surface area contributed by atoms with Crippen LogP contribution in [0.2, 0.25) is 0 Å². The molecule has 0 spiro atoms. The van der Waals surface area contributed by atoms with Gasteiger partial charge in [0.05, 0.1) is 0 Å². The lowest BCUT2D eigenvalue weighted by Crippen LogP contribution is -2.09. The molecule has 1 aliphatic carbocycles. The first-order valence-electron chi connectivity index (χ1n) is 4.70. The molecule has 2 unspecified atom stereocenters. The Morgan fingerprint density at radius 3 is 2.55 bits per heavy atom. The minimum atomic E-state index is 0.389. The monoisotopic (exact) mass is 154 g/mol. The Kier molecular flexibility index (Phi) is 3.10. The zero-order valence-electron chi connectivity index (χ0n) is 7.60. The number of ketones is 1. The minimum Gasteiger partial charge on any atom is -0.300 e. The van der Waals surface area contributed by atoms with Crippen LogP contribution in [0.25, 0.3) is 0 Å². The number of carbonyl (C=O) groups is 1. The number of rotatable bonds is 1. The van der Waals surface area contributed by atoms with E-state index in [-0.39, 0.29) is 0 Å². The van der Waals surface area contributed by atoms with Crippen molar-refractivity contribution in [2.75, 3.05) is 0 Å². The summed E-state index contributed by atoms with van der Waals surface area (Å²) in [5, 5.41) is 0. The molecule has 11 heavy (non-hydrogen) atoms. The van der Waals surface area contributed by atoms with Gasteiger partial charge in [-0.1, -0.05) is 26.2 Å². The highest BCUT2D eigenvalue weighted by Gasteiger charge is 2.18. The van der Waals surface area contributed by atoms with Crippen LogP contribution in [0.15, 0.2) is 0 Å². The molecule has 1 aliphatic rings. The standard InChI is InChI=1S/C10H18O/c1-8-4-3-5-10(7-6-8)9(2)11/h8,10H,3-7H2,1-2H3. The van der Waals surface area contributed by atoms with E-state index < -0.39 is 0 Å². The number of Topliss-reactive ketones (excluding diaryl/α,β-unsaturated/α-hetero) is 1. The van der Waals surface area contributed by atoms with Crippen LogP contribution in [-0.4, -0.2) is 5.78 Å². The third kappa shape index (κ3) is 2.64. The largest absolute Gasteiger partial charge is 0.300 e. The van der Waals surface area contributed by atoms with E-state index >= 15 is 0 Å². The van der Waals surface area contributed by atoms with E-state index in [0.29, 0.717) is 11.7 Å². The fourth-order valence-corrected chi connectivity index (χ4v) is 1.89. The molecule has 2 atom stereocenters. The van der Waals surface area contributed by atoms with Crippen molar-refractivity contribution in [1.82, 2.24) is 0 Å². The predicted molar refractivity (Wildman–Crippen MR) is 46.4 cm³/mol. The summed E-state index contributed by atoms with van der Waals surface area (Å²) in [5.74, 6) is 1.64. The van der Waals surface area contributed by atoms with Gasteiger partial charge < -0.3 is 0 Å². The van der Waals surface area contributed by atoms with Crippen molar-refractivity contribution in [1.29, 1.82) is 0 Å². The lowest BCUT2D eigenvalue weighted by Gasteiger charge is -2.08.